The van der Waals surface area contributed by atoms with Crippen molar-refractivity contribution >= 4 is 5.90 Å². The van der Waals surface area contributed by atoms with E-state index in [-0.39, 0.29) is 5.90 Å². The first-order valence-corrected chi connectivity index (χ1v) is 9.37. The Morgan fingerprint density at radius 2 is 1.79 bits per heavy atom. The third kappa shape index (κ3) is 2.02. The SMILES string of the molecule is COc1ccc([C@H]2O[C@]34CCCCC[C@@H]3[C@@](C#N)(C(=N)O4)C2(C#N)C#N)cc1. The van der Waals surface area contributed by atoms with Crippen LogP contribution in [-0.2, 0) is 9.47 Å². The van der Waals surface area contributed by atoms with Gasteiger partial charge in [-0.2, -0.15) is 15.8 Å². The summed E-state index contributed by atoms with van der Waals surface area (Å²) < 4.78 is 17.5. The summed E-state index contributed by atoms with van der Waals surface area (Å²) in [5.41, 5.74) is -2.96. The van der Waals surface area contributed by atoms with Crippen LogP contribution in [0.25, 0.3) is 0 Å². The fraction of sp³-hybridized carbons (Fsp3) is 0.524. The summed E-state index contributed by atoms with van der Waals surface area (Å²) in [5.74, 6) is -1.35. The van der Waals surface area contributed by atoms with Crippen LogP contribution in [0, 0.1) is 56.2 Å². The summed E-state index contributed by atoms with van der Waals surface area (Å²) in [4.78, 5) is 0. The van der Waals surface area contributed by atoms with Crippen LogP contribution in [0.5, 0.6) is 5.75 Å². The van der Waals surface area contributed by atoms with Gasteiger partial charge in [0.05, 0.1) is 31.2 Å². The minimum atomic E-state index is -1.89. The fourth-order valence-electron chi connectivity index (χ4n) is 5.12. The van der Waals surface area contributed by atoms with Crippen molar-refractivity contribution in [3.05, 3.63) is 29.8 Å². The summed E-state index contributed by atoms with van der Waals surface area (Å²) in [5, 5.41) is 39.2. The van der Waals surface area contributed by atoms with E-state index >= 15 is 0 Å². The van der Waals surface area contributed by atoms with E-state index in [2.05, 4.69) is 18.2 Å². The van der Waals surface area contributed by atoms with Gasteiger partial charge in [0.25, 0.3) is 0 Å². The molecule has 3 fully saturated rings. The second-order valence-corrected chi connectivity index (χ2v) is 7.62. The van der Waals surface area contributed by atoms with Gasteiger partial charge >= 0.3 is 0 Å². The zero-order valence-corrected chi connectivity index (χ0v) is 15.6. The van der Waals surface area contributed by atoms with Crippen LogP contribution in [-0.4, -0.2) is 18.8 Å². The summed E-state index contributed by atoms with van der Waals surface area (Å²) in [6.45, 7) is 0. The number of rotatable bonds is 2. The van der Waals surface area contributed by atoms with Crippen molar-refractivity contribution in [1.82, 2.24) is 0 Å². The standard InChI is InChI=1S/C21H20N4O3/c1-26-15-8-6-14(7-9-15)17-19(11-22,12-23)20(13-24)16-5-3-2-4-10-21(16,27-17)28-18(20)25/h6-9,16-17,25H,2-5,10H2,1H3/t16-,17-,20+,21+/m1/s1. The summed E-state index contributed by atoms with van der Waals surface area (Å²) in [6.07, 6.45) is 2.74. The number of nitriles is 3. The quantitative estimate of drug-likeness (QED) is 0.841. The Bertz CT molecular complexity index is 924. The molecule has 0 unspecified atom stereocenters. The third-order valence-corrected chi connectivity index (χ3v) is 6.48. The molecule has 1 aliphatic carbocycles. The van der Waals surface area contributed by atoms with Gasteiger partial charge in [-0.05, 0) is 30.5 Å². The predicted molar refractivity (Wildman–Crippen MR) is 96.6 cm³/mol. The van der Waals surface area contributed by atoms with Crippen LogP contribution >= 0.6 is 0 Å². The second kappa shape index (κ2) is 6.23. The molecule has 4 atom stereocenters. The maximum atomic E-state index is 10.3. The zero-order valence-electron chi connectivity index (χ0n) is 15.6. The van der Waals surface area contributed by atoms with Crippen LogP contribution < -0.4 is 4.74 Å². The number of hydrogen-bond acceptors (Lipinski definition) is 7. The van der Waals surface area contributed by atoms with Crippen molar-refractivity contribution in [2.75, 3.05) is 7.11 Å². The normalized spacial score (nSPS) is 35.3. The molecule has 3 aliphatic rings. The highest BCUT2D eigenvalue weighted by Gasteiger charge is 2.80. The Kier molecular flexibility index (Phi) is 4.07. The maximum absolute atomic E-state index is 10.3. The summed E-state index contributed by atoms with van der Waals surface area (Å²) in [7, 11) is 1.55. The molecule has 1 saturated carbocycles. The van der Waals surface area contributed by atoms with E-state index in [0.717, 1.165) is 19.3 Å². The Morgan fingerprint density at radius 3 is 2.39 bits per heavy atom. The molecule has 28 heavy (non-hydrogen) atoms. The van der Waals surface area contributed by atoms with Crippen molar-refractivity contribution in [2.24, 2.45) is 16.7 Å². The minimum absolute atomic E-state index is 0.319. The van der Waals surface area contributed by atoms with Crippen molar-refractivity contribution in [3.63, 3.8) is 0 Å². The van der Waals surface area contributed by atoms with Crippen molar-refractivity contribution in [3.8, 4) is 24.0 Å². The molecule has 1 aromatic rings. The molecule has 2 heterocycles. The first kappa shape index (κ1) is 18.3. The van der Waals surface area contributed by atoms with Gasteiger partial charge in [-0.25, -0.2) is 0 Å². The first-order valence-electron chi connectivity index (χ1n) is 9.37. The lowest BCUT2D eigenvalue weighted by Crippen LogP contribution is -2.59. The molecule has 2 bridgehead atoms. The topological polar surface area (TPSA) is 123 Å². The van der Waals surface area contributed by atoms with Gasteiger partial charge in [0.2, 0.25) is 17.1 Å². The van der Waals surface area contributed by atoms with Crippen LogP contribution in [0.1, 0.15) is 43.8 Å². The molecular weight excluding hydrogens is 356 g/mol. The molecule has 0 radical (unpaired) electrons. The van der Waals surface area contributed by atoms with Gasteiger partial charge in [-0.15, -0.1) is 0 Å². The molecule has 0 amide bonds. The molecule has 1 N–H and O–H groups in total. The Hall–Kier alpha value is -3.08. The van der Waals surface area contributed by atoms with Crippen molar-refractivity contribution in [2.45, 2.75) is 44.0 Å². The number of nitrogens with one attached hydrogen (secondary N) is 1. The molecule has 2 aliphatic heterocycles. The third-order valence-electron chi connectivity index (χ3n) is 6.48. The lowest BCUT2D eigenvalue weighted by molar-refractivity contribution is -0.284. The highest BCUT2D eigenvalue weighted by molar-refractivity contribution is 5.89. The van der Waals surface area contributed by atoms with E-state index in [1.165, 1.54) is 0 Å². The van der Waals surface area contributed by atoms with Crippen LogP contribution in [0.2, 0.25) is 0 Å². The molecule has 2 saturated heterocycles. The minimum Gasteiger partial charge on any atom is -0.497 e. The molecule has 1 aromatic carbocycles. The van der Waals surface area contributed by atoms with Gasteiger partial charge < -0.3 is 14.2 Å². The van der Waals surface area contributed by atoms with Gasteiger partial charge in [0, 0.05) is 6.42 Å². The van der Waals surface area contributed by atoms with E-state index in [1.807, 2.05) is 0 Å². The Labute approximate surface area is 163 Å². The first-order chi connectivity index (χ1) is 13.5. The molecule has 4 rings (SSSR count). The maximum Gasteiger partial charge on any atom is 0.217 e. The Balaban J connectivity index is 1.96. The zero-order chi connectivity index (χ0) is 20.0. The molecule has 0 aromatic heterocycles. The molecule has 7 nitrogen and oxygen atoms in total. The number of ether oxygens (including phenoxy) is 3. The lowest BCUT2D eigenvalue weighted by Gasteiger charge is -2.49. The number of hydrogen-bond donors (Lipinski definition) is 1. The van der Waals surface area contributed by atoms with E-state index < -0.39 is 28.6 Å². The van der Waals surface area contributed by atoms with Gasteiger partial charge in [0.1, 0.15) is 11.9 Å². The number of nitrogens with zero attached hydrogens (tertiary/aromatic N) is 3. The van der Waals surface area contributed by atoms with Crippen molar-refractivity contribution < 1.29 is 14.2 Å². The monoisotopic (exact) mass is 376 g/mol. The number of benzene rings is 1. The van der Waals surface area contributed by atoms with E-state index in [0.29, 0.717) is 24.2 Å². The van der Waals surface area contributed by atoms with Crippen LogP contribution in [0.3, 0.4) is 0 Å². The van der Waals surface area contributed by atoms with Gasteiger partial charge in [-0.3, -0.25) is 5.41 Å². The fourth-order valence-corrected chi connectivity index (χ4v) is 5.12. The summed E-state index contributed by atoms with van der Waals surface area (Å²) >= 11 is 0. The highest BCUT2D eigenvalue weighted by Crippen LogP contribution is 2.68. The lowest BCUT2D eigenvalue weighted by atomic mass is 9.52. The average Bonchev–Trinajstić information content (AvgIpc) is 2.86. The van der Waals surface area contributed by atoms with Crippen LogP contribution in [0.15, 0.2) is 24.3 Å². The van der Waals surface area contributed by atoms with E-state index in [1.54, 1.807) is 31.4 Å². The van der Waals surface area contributed by atoms with Crippen LogP contribution in [0.4, 0.5) is 0 Å². The number of methoxy groups -OCH3 is 1. The molecule has 7 heteroatoms. The summed E-state index contributed by atoms with van der Waals surface area (Å²) in [6, 6.07) is 13.3. The molecule has 142 valence electrons. The Morgan fingerprint density at radius 1 is 1.07 bits per heavy atom. The van der Waals surface area contributed by atoms with E-state index in [4.69, 9.17) is 19.6 Å². The molecule has 0 spiro atoms. The predicted octanol–water partition coefficient (Wildman–Crippen LogP) is 3.59. The van der Waals surface area contributed by atoms with Gasteiger partial charge in [-0.1, -0.05) is 25.0 Å². The van der Waals surface area contributed by atoms with E-state index in [9.17, 15) is 15.8 Å². The van der Waals surface area contributed by atoms with Crippen molar-refractivity contribution in [1.29, 1.82) is 21.2 Å². The smallest absolute Gasteiger partial charge is 0.217 e. The highest BCUT2D eigenvalue weighted by atomic mass is 16.7. The van der Waals surface area contributed by atoms with Gasteiger partial charge in [0.15, 0.2) is 5.41 Å². The average molecular weight is 376 g/mol. The largest absolute Gasteiger partial charge is 0.497 e. The second-order valence-electron chi connectivity index (χ2n) is 7.62. The molecular formula is C21H20N4O3.